The fraction of sp³-hybridized carbons (Fsp3) is 0.545. The Hall–Kier alpha value is -2.05. The van der Waals surface area contributed by atoms with E-state index in [1.165, 1.54) is 6.20 Å². The van der Waals surface area contributed by atoms with Crippen LogP contribution in [0.1, 0.15) is 27.2 Å². The van der Waals surface area contributed by atoms with Gasteiger partial charge in [-0.1, -0.05) is 0 Å². The Morgan fingerprint density at radius 3 is 2.72 bits per heavy atom. The summed E-state index contributed by atoms with van der Waals surface area (Å²) in [6.07, 6.45) is 1.17. The minimum absolute atomic E-state index is 0.165. The van der Waals surface area contributed by atoms with Crippen LogP contribution < -0.4 is 10.6 Å². The highest BCUT2D eigenvalue weighted by Crippen LogP contribution is 2.06. The molecule has 0 aliphatic heterocycles. The molecule has 0 unspecified atom stereocenters. The first-order valence-corrected chi connectivity index (χ1v) is 5.63. The summed E-state index contributed by atoms with van der Waals surface area (Å²) in [4.78, 5) is 22.7. The molecule has 1 aromatic rings. The smallest absolute Gasteiger partial charge is 0.407 e. The molecular weight excluding hydrogens is 236 g/mol. The molecule has 7 nitrogen and oxygen atoms in total. The van der Waals surface area contributed by atoms with Crippen molar-refractivity contribution in [3.8, 4) is 0 Å². The van der Waals surface area contributed by atoms with Crippen LogP contribution in [0.3, 0.4) is 0 Å². The SMILES string of the molecule is CC(C)(C)OC(=O)NCCC(=O)Nc1ccn[nH]1. The van der Waals surface area contributed by atoms with E-state index in [-0.39, 0.29) is 18.9 Å². The summed E-state index contributed by atoms with van der Waals surface area (Å²) in [6, 6.07) is 1.64. The number of alkyl carbamates (subject to hydrolysis) is 1. The summed E-state index contributed by atoms with van der Waals surface area (Å²) in [7, 11) is 0. The maximum atomic E-state index is 11.4. The van der Waals surface area contributed by atoms with Crippen LogP contribution >= 0.6 is 0 Å². The molecule has 0 aromatic carbocycles. The van der Waals surface area contributed by atoms with Crippen molar-refractivity contribution in [3.05, 3.63) is 12.3 Å². The van der Waals surface area contributed by atoms with Crippen LogP contribution in [-0.2, 0) is 9.53 Å². The molecule has 0 radical (unpaired) electrons. The Bertz CT molecular complexity index is 395. The Morgan fingerprint density at radius 2 is 2.17 bits per heavy atom. The highest BCUT2D eigenvalue weighted by atomic mass is 16.6. The van der Waals surface area contributed by atoms with Crippen molar-refractivity contribution in [3.63, 3.8) is 0 Å². The van der Waals surface area contributed by atoms with Gasteiger partial charge < -0.3 is 15.4 Å². The Balaban J connectivity index is 2.18. The number of rotatable bonds is 4. The first kappa shape index (κ1) is 14.0. The van der Waals surface area contributed by atoms with Gasteiger partial charge in [-0.3, -0.25) is 9.89 Å². The second kappa shape index (κ2) is 6.04. The fourth-order valence-electron chi connectivity index (χ4n) is 1.13. The lowest BCUT2D eigenvalue weighted by atomic mass is 10.2. The molecule has 1 heterocycles. The highest BCUT2D eigenvalue weighted by Gasteiger charge is 2.15. The van der Waals surface area contributed by atoms with Crippen molar-refractivity contribution in [2.75, 3.05) is 11.9 Å². The Kier molecular flexibility index (Phi) is 4.70. The lowest BCUT2D eigenvalue weighted by Gasteiger charge is -2.19. The number of amides is 2. The zero-order valence-corrected chi connectivity index (χ0v) is 10.7. The number of nitrogens with one attached hydrogen (secondary N) is 3. The summed E-state index contributed by atoms with van der Waals surface area (Å²) in [5, 5.41) is 11.4. The van der Waals surface area contributed by atoms with Gasteiger partial charge >= 0.3 is 6.09 Å². The lowest BCUT2D eigenvalue weighted by Crippen LogP contribution is -2.34. The Labute approximate surface area is 105 Å². The molecule has 3 N–H and O–H groups in total. The van der Waals surface area contributed by atoms with Crippen LogP contribution in [0, 0.1) is 0 Å². The van der Waals surface area contributed by atoms with E-state index in [0.717, 1.165) is 0 Å². The molecule has 1 rings (SSSR count). The number of carbonyl (C=O) groups is 2. The summed E-state index contributed by atoms with van der Waals surface area (Å²) in [5.74, 6) is 0.313. The number of hydrogen-bond donors (Lipinski definition) is 3. The molecular formula is C11H18N4O3. The van der Waals surface area contributed by atoms with Gasteiger partial charge in [0.15, 0.2) is 0 Å². The molecule has 0 fully saturated rings. The molecule has 2 amide bonds. The molecule has 0 aliphatic rings. The van der Waals surface area contributed by atoms with E-state index < -0.39 is 11.7 Å². The predicted molar refractivity (Wildman–Crippen MR) is 66.1 cm³/mol. The zero-order chi connectivity index (χ0) is 13.6. The van der Waals surface area contributed by atoms with Gasteiger partial charge in [-0.2, -0.15) is 5.10 Å². The van der Waals surface area contributed by atoms with Crippen LogP contribution in [-0.4, -0.2) is 34.3 Å². The first-order chi connectivity index (χ1) is 8.37. The number of H-pyrrole nitrogens is 1. The lowest BCUT2D eigenvalue weighted by molar-refractivity contribution is -0.116. The van der Waals surface area contributed by atoms with Gasteiger partial charge in [0.1, 0.15) is 11.4 Å². The third kappa shape index (κ3) is 5.88. The second-order valence-electron chi connectivity index (χ2n) is 4.70. The van der Waals surface area contributed by atoms with E-state index in [2.05, 4.69) is 20.8 Å². The molecule has 0 atom stereocenters. The van der Waals surface area contributed by atoms with Gasteiger partial charge in [0.25, 0.3) is 0 Å². The van der Waals surface area contributed by atoms with Crippen molar-refractivity contribution >= 4 is 17.8 Å². The van der Waals surface area contributed by atoms with E-state index in [1.54, 1.807) is 26.8 Å². The number of aromatic nitrogens is 2. The van der Waals surface area contributed by atoms with Gasteiger partial charge in [0.05, 0.1) is 6.20 Å². The monoisotopic (exact) mass is 254 g/mol. The van der Waals surface area contributed by atoms with Crippen LogP contribution in [0.2, 0.25) is 0 Å². The maximum Gasteiger partial charge on any atom is 0.407 e. The fourth-order valence-corrected chi connectivity index (χ4v) is 1.13. The van der Waals surface area contributed by atoms with Crippen molar-refractivity contribution < 1.29 is 14.3 Å². The normalized spacial score (nSPS) is 10.8. The maximum absolute atomic E-state index is 11.4. The summed E-state index contributed by atoms with van der Waals surface area (Å²) >= 11 is 0. The largest absolute Gasteiger partial charge is 0.444 e. The average molecular weight is 254 g/mol. The summed E-state index contributed by atoms with van der Waals surface area (Å²) in [6.45, 7) is 5.54. The molecule has 7 heteroatoms. The van der Waals surface area contributed by atoms with Gasteiger partial charge in [-0.05, 0) is 20.8 Å². The van der Waals surface area contributed by atoms with E-state index in [1.807, 2.05) is 0 Å². The molecule has 1 aromatic heterocycles. The number of hydrogen-bond acceptors (Lipinski definition) is 4. The minimum atomic E-state index is -0.539. The molecule has 0 aliphatic carbocycles. The molecule has 0 bridgehead atoms. The van der Waals surface area contributed by atoms with Gasteiger partial charge in [-0.25, -0.2) is 4.79 Å². The number of anilines is 1. The minimum Gasteiger partial charge on any atom is -0.444 e. The number of nitrogens with zero attached hydrogens (tertiary/aromatic N) is 1. The van der Waals surface area contributed by atoms with Crippen molar-refractivity contribution in [2.24, 2.45) is 0 Å². The third-order valence-electron chi connectivity index (χ3n) is 1.80. The topological polar surface area (TPSA) is 96.1 Å². The van der Waals surface area contributed by atoms with Gasteiger partial charge in [0, 0.05) is 19.0 Å². The predicted octanol–water partition coefficient (Wildman–Crippen LogP) is 1.26. The summed E-state index contributed by atoms with van der Waals surface area (Å²) in [5.41, 5.74) is -0.539. The van der Waals surface area contributed by atoms with E-state index in [4.69, 9.17) is 4.74 Å². The molecule has 18 heavy (non-hydrogen) atoms. The first-order valence-electron chi connectivity index (χ1n) is 5.63. The third-order valence-corrected chi connectivity index (χ3v) is 1.80. The van der Waals surface area contributed by atoms with Crippen LogP contribution in [0.5, 0.6) is 0 Å². The number of ether oxygens (including phenoxy) is 1. The van der Waals surface area contributed by atoms with Gasteiger partial charge in [-0.15, -0.1) is 0 Å². The average Bonchev–Trinajstić information content (AvgIpc) is 2.67. The number of carbonyl (C=O) groups excluding carboxylic acids is 2. The van der Waals surface area contributed by atoms with E-state index in [9.17, 15) is 9.59 Å². The molecule has 0 saturated heterocycles. The molecule has 0 spiro atoms. The standard InChI is InChI=1S/C11H18N4O3/c1-11(2,3)18-10(17)12-6-5-9(16)14-8-4-7-13-15-8/h4,7H,5-6H2,1-3H3,(H,12,17)(H2,13,14,15,16). The number of aromatic amines is 1. The Morgan fingerprint density at radius 1 is 1.44 bits per heavy atom. The van der Waals surface area contributed by atoms with E-state index in [0.29, 0.717) is 5.82 Å². The van der Waals surface area contributed by atoms with Crippen molar-refractivity contribution in [2.45, 2.75) is 32.8 Å². The quantitative estimate of drug-likeness (QED) is 0.753. The second-order valence-corrected chi connectivity index (χ2v) is 4.70. The van der Waals surface area contributed by atoms with Gasteiger partial charge in [0.2, 0.25) is 5.91 Å². The van der Waals surface area contributed by atoms with Crippen LogP contribution in [0.4, 0.5) is 10.6 Å². The van der Waals surface area contributed by atoms with Crippen LogP contribution in [0.15, 0.2) is 12.3 Å². The van der Waals surface area contributed by atoms with E-state index >= 15 is 0 Å². The summed E-state index contributed by atoms with van der Waals surface area (Å²) < 4.78 is 5.03. The van der Waals surface area contributed by atoms with Crippen molar-refractivity contribution in [1.29, 1.82) is 0 Å². The molecule has 0 saturated carbocycles. The molecule has 100 valence electrons. The highest BCUT2D eigenvalue weighted by molar-refractivity contribution is 5.89. The van der Waals surface area contributed by atoms with Crippen LogP contribution in [0.25, 0.3) is 0 Å². The zero-order valence-electron chi connectivity index (χ0n) is 10.7. The van der Waals surface area contributed by atoms with Crippen molar-refractivity contribution in [1.82, 2.24) is 15.5 Å².